The van der Waals surface area contributed by atoms with E-state index in [1.807, 2.05) is 24.3 Å². The zero-order valence-electron chi connectivity index (χ0n) is 14.8. The van der Waals surface area contributed by atoms with Gasteiger partial charge in [-0.25, -0.2) is 5.48 Å². The van der Waals surface area contributed by atoms with Gasteiger partial charge in [0.1, 0.15) is 0 Å². The van der Waals surface area contributed by atoms with Crippen LogP contribution in [0, 0.1) is 6.92 Å². The van der Waals surface area contributed by atoms with Gasteiger partial charge in [-0.15, -0.1) is 0 Å². The molecule has 0 radical (unpaired) electrons. The van der Waals surface area contributed by atoms with E-state index in [9.17, 15) is 4.79 Å². The molecule has 4 N–H and O–H groups in total. The van der Waals surface area contributed by atoms with Crippen LogP contribution >= 0.6 is 0 Å². The molecule has 1 aromatic heterocycles. The topological polar surface area (TPSA) is 77.2 Å². The molecule has 1 amide bonds. The number of benzene rings is 2. The quantitative estimate of drug-likeness (QED) is 0.229. The minimum atomic E-state index is -0.539. The van der Waals surface area contributed by atoms with Crippen LogP contribution in [-0.2, 0) is 17.8 Å². The number of nitrogens with one attached hydrogen (secondary N) is 3. The average Bonchev–Trinajstić information content (AvgIpc) is 2.99. The highest BCUT2D eigenvalue weighted by atomic mass is 16.5. The maximum atomic E-state index is 11.0. The molecule has 5 nitrogen and oxygen atoms in total. The molecule has 2 aromatic carbocycles. The van der Waals surface area contributed by atoms with Crippen LogP contribution in [-0.4, -0.2) is 22.6 Å². The predicted octanol–water partition coefficient (Wildman–Crippen LogP) is 3.33. The number of aromatic nitrogens is 1. The highest BCUT2D eigenvalue weighted by molar-refractivity contribution is 5.90. The fourth-order valence-electron chi connectivity index (χ4n) is 3.06. The van der Waals surface area contributed by atoms with Gasteiger partial charge in [0.2, 0.25) is 0 Å². The largest absolute Gasteiger partial charge is 0.358 e. The minimum Gasteiger partial charge on any atom is -0.358 e. The molecule has 0 aliphatic rings. The summed E-state index contributed by atoms with van der Waals surface area (Å²) in [6.45, 7) is 3.82. The van der Waals surface area contributed by atoms with Gasteiger partial charge in [0, 0.05) is 29.2 Å². The molecule has 5 heteroatoms. The molecule has 0 aliphatic heterocycles. The van der Waals surface area contributed by atoms with Crippen molar-refractivity contribution < 1.29 is 10.0 Å². The third-order valence-corrected chi connectivity index (χ3v) is 4.42. The monoisotopic (exact) mass is 349 g/mol. The number of H-pyrrole nitrogens is 1. The van der Waals surface area contributed by atoms with Gasteiger partial charge in [-0.1, -0.05) is 42.5 Å². The molecule has 0 saturated heterocycles. The van der Waals surface area contributed by atoms with E-state index >= 15 is 0 Å². The van der Waals surface area contributed by atoms with Gasteiger partial charge < -0.3 is 10.3 Å². The van der Waals surface area contributed by atoms with Gasteiger partial charge in [-0.2, -0.15) is 0 Å². The molecule has 0 atom stereocenters. The van der Waals surface area contributed by atoms with E-state index < -0.39 is 5.91 Å². The van der Waals surface area contributed by atoms with Crippen LogP contribution < -0.4 is 10.8 Å². The van der Waals surface area contributed by atoms with E-state index in [4.69, 9.17) is 5.21 Å². The van der Waals surface area contributed by atoms with Crippen molar-refractivity contribution in [2.75, 3.05) is 6.54 Å². The van der Waals surface area contributed by atoms with E-state index in [1.54, 1.807) is 11.6 Å². The van der Waals surface area contributed by atoms with Crippen LogP contribution in [0.4, 0.5) is 0 Å². The molecule has 0 bridgehead atoms. The lowest BCUT2D eigenvalue weighted by atomic mass is 10.1. The fraction of sp³-hybridized carbons (Fsp3) is 0.190. The third-order valence-electron chi connectivity index (χ3n) is 4.42. The van der Waals surface area contributed by atoms with Crippen molar-refractivity contribution in [2.24, 2.45) is 0 Å². The average molecular weight is 349 g/mol. The summed E-state index contributed by atoms with van der Waals surface area (Å²) in [4.78, 5) is 14.4. The number of hydroxylamine groups is 1. The second-order valence-electron chi connectivity index (χ2n) is 6.25. The maximum absolute atomic E-state index is 11.0. The first-order valence-electron chi connectivity index (χ1n) is 8.65. The molecular weight excluding hydrogens is 326 g/mol. The SMILES string of the molecule is Cc1[nH]c2ccccc2c1CCNCc1ccc(/C=C\C(=O)NO)cc1. The van der Waals surface area contributed by atoms with Gasteiger partial charge >= 0.3 is 0 Å². The number of aryl methyl sites for hydroxylation is 1. The molecule has 1 heterocycles. The molecular formula is C21H23N3O2. The van der Waals surface area contributed by atoms with Gasteiger partial charge in [0.25, 0.3) is 5.91 Å². The van der Waals surface area contributed by atoms with Crippen molar-refractivity contribution in [3.8, 4) is 0 Å². The Morgan fingerprint density at radius 3 is 2.69 bits per heavy atom. The Balaban J connectivity index is 1.51. The van der Waals surface area contributed by atoms with Crippen molar-refractivity contribution in [1.29, 1.82) is 0 Å². The summed E-state index contributed by atoms with van der Waals surface area (Å²) in [6, 6.07) is 16.4. The van der Waals surface area contributed by atoms with E-state index in [-0.39, 0.29) is 0 Å². The molecule has 3 aromatic rings. The Hall–Kier alpha value is -2.89. The lowest BCUT2D eigenvalue weighted by Crippen LogP contribution is -2.16. The van der Waals surface area contributed by atoms with Crippen LogP contribution in [0.5, 0.6) is 0 Å². The molecule has 0 spiro atoms. The first kappa shape index (κ1) is 17.9. The summed E-state index contributed by atoms with van der Waals surface area (Å²) in [5, 5.41) is 13.2. The number of carbonyl (C=O) groups excluding carboxylic acids is 1. The highest BCUT2D eigenvalue weighted by Crippen LogP contribution is 2.21. The molecule has 0 fully saturated rings. The number of fused-ring (bicyclic) bond motifs is 1. The van der Waals surface area contributed by atoms with Gasteiger partial charge in [0.15, 0.2) is 0 Å². The molecule has 26 heavy (non-hydrogen) atoms. The number of carbonyl (C=O) groups is 1. The number of para-hydroxylation sites is 1. The van der Waals surface area contributed by atoms with Crippen molar-refractivity contribution in [3.63, 3.8) is 0 Å². The smallest absolute Gasteiger partial charge is 0.267 e. The summed E-state index contributed by atoms with van der Waals surface area (Å²) in [7, 11) is 0. The number of hydrogen-bond donors (Lipinski definition) is 4. The summed E-state index contributed by atoms with van der Waals surface area (Å²) in [5.41, 5.74) is 7.46. The summed E-state index contributed by atoms with van der Waals surface area (Å²) in [6.07, 6.45) is 3.92. The first-order valence-corrected chi connectivity index (χ1v) is 8.65. The van der Waals surface area contributed by atoms with Gasteiger partial charge in [-0.05, 0) is 48.7 Å². The highest BCUT2D eigenvalue weighted by Gasteiger charge is 2.07. The summed E-state index contributed by atoms with van der Waals surface area (Å²) < 4.78 is 0. The number of aromatic amines is 1. The first-order chi connectivity index (χ1) is 12.7. The van der Waals surface area contributed by atoms with Crippen molar-refractivity contribution in [3.05, 3.63) is 77.0 Å². The van der Waals surface area contributed by atoms with E-state index in [2.05, 4.69) is 41.5 Å². The third kappa shape index (κ3) is 4.39. The molecule has 134 valence electrons. The van der Waals surface area contributed by atoms with Crippen molar-refractivity contribution in [2.45, 2.75) is 19.9 Å². The Kier molecular flexibility index (Phi) is 5.84. The molecule has 0 unspecified atom stereocenters. The van der Waals surface area contributed by atoms with Crippen LogP contribution in [0.3, 0.4) is 0 Å². The summed E-state index contributed by atoms with van der Waals surface area (Å²) in [5.74, 6) is -0.539. The Labute approximate surface area is 152 Å². The summed E-state index contributed by atoms with van der Waals surface area (Å²) >= 11 is 0. The van der Waals surface area contributed by atoms with Crippen molar-refractivity contribution >= 4 is 22.9 Å². The molecule has 3 rings (SSSR count). The zero-order valence-corrected chi connectivity index (χ0v) is 14.8. The number of hydrogen-bond acceptors (Lipinski definition) is 3. The van der Waals surface area contributed by atoms with Crippen LogP contribution in [0.25, 0.3) is 17.0 Å². The lowest BCUT2D eigenvalue weighted by molar-refractivity contribution is -0.124. The van der Waals surface area contributed by atoms with Gasteiger partial charge in [-0.3, -0.25) is 10.0 Å². The second-order valence-corrected chi connectivity index (χ2v) is 6.25. The van der Waals surface area contributed by atoms with E-state index in [0.29, 0.717) is 0 Å². The Morgan fingerprint density at radius 1 is 1.15 bits per heavy atom. The number of rotatable bonds is 7. The molecule has 0 saturated carbocycles. The standard InChI is InChI=1S/C21H23N3O2/c1-15-18(19-4-2-3-5-20(19)23-15)12-13-22-14-17-8-6-16(7-9-17)10-11-21(25)24-26/h2-11,22-23,26H,12-14H2,1H3,(H,24,25)/b11-10-. The van der Waals surface area contributed by atoms with Gasteiger partial charge in [0.05, 0.1) is 0 Å². The van der Waals surface area contributed by atoms with Crippen molar-refractivity contribution in [1.82, 2.24) is 15.8 Å². The maximum Gasteiger partial charge on any atom is 0.267 e. The molecule has 0 aliphatic carbocycles. The van der Waals surface area contributed by atoms with Crippen LogP contribution in [0.1, 0.15) is 22.4 Å². The minimum absolute atomic E-state index is 0.539. The Bertz CT molecular complexity index is 911. The van der Waals surface area contributed by atoms with E-state index in [0.717, 1.165) is 25.1 Å². The number of amides is 1. The fourth-order valence-corrected chi connectivity index (χ4v) is 3.06. The second kappa shape index (κ2) is 8.47. The Morgan fingerprint density at radius 2 is 1.92 bits per heavy atom. The predicted molar refractivity (Wildman–Crippen MR) is 104 cm³/mol. The van der Waals surface area contributed by atoms with Crippen LogP contribution in [0.2, 0.25) is 0 Å². The normalized spacial score (nSPS) is 11.3. The lowest BCUT2D eigenvalue weighted by Gasteiger charge is -2.06. The zero-order chi connectivity index (χ0) is 18.4. The van der Waals surface area contributed by atoms with Crippen LogP contribution in [0.15, 0.2) is 54.6 Å². The van der Waals surface area contributed by atoms with E-state index in [1.165, 1.54) is 33.8 Å².